The van der Waals surface area contributed by atoms with Gasteiger partial charge in [-0.2, -0.15) is 0 Å². The van der Waals surface area contributed by atoms with E-state index in [2.05, 4.69) is 24.1 Å². The number of hydrogen-bond acceptors (Lipinski definition) is 3. The third kappa shape index (κ3) is 3.75. The van der Waals surface area contributed by atoms with E-state index in [1.54, 1.807) is 6.07 Å². The molecule has 0 aliphatic rings. The van der Waals surface area contributed by atoms with Crippen LogP contribution in [-0.4, -0.2) is 16.1 Å². The minimum atomic E-state index is 0.218. The molecular weight excluding hydrogens is 176 g/mol. The van der Waals surface area contributed by atoms with Gasteiger partial charge in [-0.15, -0.1) is 0 Å². The summed E-state index contributed by atoms with van der Waals surface area (Å²) in [4.78, 5) is 4.10. The maximum Gasteiger partial charge on any atom is 0.133 e. The van der Waals surface area contributed by atoms with Gasteiger partial charge in [0.2, 0.25) is 0 Å². The average molecular weight is 194 g/mol. The zero-order chi connectivity index (χ0) is 10.4. The van der Waals surface area contributed by atoms with E-state index in [0.717, 1.165) is 12.2 Å². The smallest absolute Gasteiger partial charge is 0.133 e. The third-order valence-corrected chi connectivity index (χ3v) is 2.16. The van der Waals surface area contributed by atoms with E-state index in [-0.39, 0.29) is 5.75 Å². The number of rotatable bonds is 5. The summed E-state index contributed by atoms with van der Waals surface area (Å²) in [7, 11) is 0. The maximum atomic E-state index is 9.04. The number of nitrogens with zero attached hydrogens (tertiary/aromatic N) is 1. The van der Waals surface area contributed by atoms with Gasteiger partial charge in [0.15, 0.2) is 0 Å². The van der Waals surface area contributed by atoms with Gasteiger partial charge in [0, 0.05) is 12.6 Å². The van der Waals surface area contributed by atoms with Gasteiger partial charge < -0.3 is 10.4 Å². The first-order valence-corrected chi connectivity index (χ1v) is 5.09. The van der Waals surface area contributed by atoms with Gasteiger partial charge in [0.25, 0.3) is 0 Å². The van der Waals surface area contributed by atoms with Crippen LogP contribution in [0.5, 0.6) is 5.75 Å². The van der Waals surface area contributed by atoms with Gasteiger partial charge >= 0.3 is 0 Å². The fourth-order valence-electron chi connectivity index (χ4n) is 1.34. The largest absolute Gasteiger partial charge is 0.506 e. The van der Waals surface area contributed by atoms with Crippen molar-refractivity contribution < 1.29 is 5.11 Å². The van der Waals surface area contributed by atoms with Crippen LogP contribution >= 0.6 is 0 Å². The van der Waals surface area contributed by atoms with Gasteiger partial charge in [-0.1, -0.05) is 13.3 Å². The molecule has 0 aromatic carbocycles. The zero-order valence-corrected chi connectivity index (χ0v) is 8.83. The second kappa shape index (κ2) is 5.60. The van der Waals surface area contributed by atoms with Crippen LogP contribution in [0.25, 0.3) is 0 Å². The lowest BCUT2D eigenvalue weighted by Gasteiger charge is -2.11. The van der Waals surface area contributed by atoms with Crippen LogP contribution in [0, 0.1) is 0 Å². The Morgan fingerprint density at radius 2 is 2.29 bits per heavy atom. The Labute approximate surface area is 85.2 Å². The predicted molar refractivity (Wildman–Crippen MR) is 57.1 cm³/mol. The molecule has 1 unspecified atom stereocenters. The quantitative estimate of drug-likeness (QED) is 0.754. The second-order valence-electron chi connectivity index (χ2n) is 3.58. The van der Waals surface area contributed by atoms with Crippen LogP contribution < -0.4 is 5.32 Å². The van der Waals surface area contributed by atoms with Gasteiger partial charge in [-0.05, 0) is 25.5 Å². The van der Waals surface area contributed by atoms with Crippen LogP contribution in [0.4, 0.5) is 0 Å². The van der Waals surface area contributed by atoms with E-state index < -0.39 is 0 Å². The minimum absolute atomic E-state index is 0.218. The number of pyridine rings is 1. The molecule has 78 valence electrons. The Bertz CT molecular complexity index is 258. The van der Waals surface area contributed by atoms with Gasteiger partial charge in [0.05, 0.1) is 11.9 Å². The van der Waals surface area contributed by atoms with Crippen LogP contribution in [0.2, 0.25) is 0 Å². The summed E-state index contributed by atoms with van der Waals surface area (Å²) in [5, 5.41) is 12.4. The summed E-state index contributed by atoms with van der Waals surface area (Å²) in [6.07, 6.45) is 3.84. The van der Waals surface area contributed by atoms with Crippen molar-refractivity contribution in [3.63, 3.8) is 0 Å². The summed E-state index contributed by atoms with van der Waals surface area (Å²) in [6.45, 7) is 5.11. The average Bonchev–Trinajstić information content (AvgIpc) is 2.17. The molecule has 0 amide bonds. The summed E-state index contributed by atoms with van der Waals surface area (Å²) < 4.78 is 0. The Kier molecular flexibility index (Phi) is 4.40. The molecule has 2 N–H and O–H groups in total. The number of nitrogens with one attached hydrogen (secondary N) is 1. The normalized spacial score (nSPS) is 12.7. The van der Waals surface area contributed by atoms with E-state index in [0.29, 0.717) is 6.04 Å². The monoisotopic (exact) mass is 194 g/mol. The van der Waals surface area contributed by atoms with Crippen molar-refractivity contribution in [1.82, 2.24) is 10.3 Å². The lowest BCUT2D eigenvalue weighted by atomic mass is 10.2. The Morgan fingerprint density at radius 1 is 1.50 bits per heavy atom. The first-order chi connectivity index (χ1) is 6.72. The fourth-order valence-corrected chi connectivity index (χ4v) is 1.34. The van der Waals surface area contributed by atoms with Gasteiger partial charge in [-0.3, -0.25) is 4.98 Å². The van der Waals surface area contributed by atoms with E-state index in [9.17, 15) is 0 Å². The number of aromatic nitrogens is 1. The molecule has 0 saturated carbocycles. The Hall–Kier alpha value is -1.09. The number of aromatic hydroxyl groups is 1. The minimum Gasteiger partial charge on any atom is -0.506 e. The van der Waals surface area contributed by atoms with Crippen molar-refractivity contribution in [2.75, 3.05) is 0 Å². The molecule has 0 aliphatic heterocycles. The molecule has 1 rings (SSSR count). The molecule has 14 heavy (non-hydrogen) atoms. The first kappa shape index (κ1) is 11.0. The van der Waals surface area contributed by atoms with Crippen molar-refractivity contribution in [3.05, 3.63) is 24.0 Å². The first-order valence-electron chi connectivity index (χ1n) is 5.09. The topological polar surface area (TPSA) is 45.1 Å². The molecule has 3 heteroatoms. The summed E-state index contributed by atoms with van der Waals surface area (Å²) in [5.41, 5.74) is 0.964. The van der Waals surface area contributed by atoms with E-state index in [4.69, 9.17) is 5.11 Å². The molecule has 0 fully saturated rings. The van der Waals surface area contributed by atoms with Crippen molar-refractivity contribution in [2.45, 2.75) is 39.3 Å². The summed E-state index contributed by atoms with van der Waals surface area (Å²) >= 11 is 0. The maximum absolute atomic E-state index is 9.04. The molecule has 3 nitrogen and oxygen atoms in total. The molecular formula is C11H18N2O. The molecule has 1 aromatic heterocycles. The van der Waals surface area contributed by atoms with Crippen LogP contribution in [0.3, 0.4) is 0 Å². The lowest BCUT2D eigenvalue weighted by Crippen LogP contribution is -2.25. The molecule has 1 aromatic rings. The van der Waals surface area contributed by atoms with Gasteiger partial charge in [-0.25, -0.2) is 0 Å². The number of hydrogen-bond donors (Lipinski definition) is 2. The summed E-state index contributed by atoms with van der Waals surface area (Å²) in [5.74, 6) is 0.218. The van der Waals surface area contributed by atoms with E-state index in [1.807, 2.05) is 6.07 Å². The lowest BCUT2D eigenvalue weighted by molar-refractivity contribution is 0.470. The highest BCUT2D eigenvalue weighted by molar-refractivity contribution is 5.17. The van der Waals surface area contributed by atoms with Crippen molar-refractivity contribution in [3.8, 4) is 5.75 Å². The highest BCUT2D eigenvalue weighted by Gasteiger charge is 2.00. The highest BCUT2D eigenvalue weighted by Crippen LogP contribution is 2.06. The molecule has 0 spiro atoms. The van der Waals surface area contributed by atoms with Crippen molar-refractivity contribution in [2.24, 2.45) is 0 Å². The Balaban J connectivity index is 2.34. The van der Waals surface area contributed by atoms with Crippen LogP contribution in [0.15, 0.2) is 18.3 Å². The predicted octanol–water partition coefficient (Wildman–Crippen LogP) is 2.07. The molecule has 0 aliphatic carbocycles. The van der Waals surface area contributed by atoms with E-state index in [1.165, 1.54) is 19.0 Å². The highest BCUT2D eigenvalue weighted by atomic mass is 16.3. The van der Waals surface area contributed by atoms with Crippen molar-refractivity contribution in [1.29, 1.82) is 0 Å². The second-order valence-corrected chi connectivity index (χ2v) is 3.58. The summed E-state index contributed by atoms with van der Waals surface area (Å²) in [6, 6.07) is 4.02. The molecule has 1 heterocycles. The molecule has 1 atom stereocenters. The molecule has 0 bridgehead atoms. The van der Waals surface area contributed by atoms with E-state index >= 15 is 0 Å². The Morgan fingerprint density at radius 3 is 2.86 bits per heavy atom. The standard InChI is InChI=1S/C11H18N2O/c1-3-4-9(2)12-7-10-5-6-11(14)8-13-10/h5-6,8-9,12,14H,3-4,7H2,1-2H3. The zero-order valence-electron chi connectivity index (χ0n) is 8.83. The van der Waals surface area contributed by atoms with Crippen LogP contribution in [-0.2, 0) is 6.54 Å². The SMILES string of the molecule is CCCC(C)NCc1ccc(O)cn1. The van der Waals surface area contributed by atoms with Crippen LogP contribution in [0.1, 0.15) is 32.4 Å². The third-order valence-electron chi connectivity index (χ3n) is 2.16. The van der Waals surface area contributed by atoms with Gasteiger partial charge in [0.1, 0.15) is 5.75 Å². The molecule has 0 radical (unpaired) electrons. The van der Waals surface area contributed by atoms with Crippen molar-refractivity contribution >= 4 is 0 Å². The molecule has 0 saturated heterocycles. The fraction of sp³-hybridized carbons (Fsp3) is 0.545.